The summed E-state index contributed by atoms with van der Waals surface area (Å²) in [4.78, 5) is 4.63. The quantitative estimate of drug-likeness (QED) is 0.158. The zero-order valence-electron chi connectivity index (χ0n) is 18.9. The van der Waals surface area contributed by atoms with Crippen molar-refractivity contribution in [2.45, 2.75) is 46.2 Å². The van der Waals surface area contributed by atoms with E-state index in [1.54, 1.807) is 7.11 Å². The minimum atomic E-state index is -3.30. The number of aliphatic imine (C=N–C) groups is 1. The molecule has 30 heavy (non-hydrogen) atoms. The first-order valence-electron chi connectivity index (χ1n) is 9.78. The van der Waals surface area contributed by atoms with Crippen LogP contribution in [0, 0.1) is 6.92 Å². The van der Waals surface area contributed by atoms with Gasteiger partial charge >= 0.3 is 0 Å². The molecule has 0 aromatic heterocycles. The van der Waals surface area contributed by atoms with Gasteiger partial charge in [0.2, 0.25) is 10.0 Å². The molecule has 0 radical (unpaired) electrons. The van der Waals surface area contributed by atoms with Crippen molar-refractivity contribution >= 4 is 40.0 Å². The molecule has 0 aliphatic rings. The third kappa shape index (κ3) is 12.6. The van der Waals surface area contributed by atoms with Crippen LogP contribution < -0.4 is 20.1 Å². The molecule has 8 nitrogen and oxygen atoms in total. The van der Waals surface area contributed by atoms with Gasteiger partial charge in [0.1, 0.15) is 5.75 Å². The summed E-state index contributed by atoms with van der Waals surface area (Å²) >= 11 is 0. The number of ether oxygens (including phenoxy) is 2. The lowest BCUT2D eigenvalue weighted by atomic mass is 10.1. The monoisotopic (exact) mass is 556 g/mol. The van der Waals surface area contributed by atoms with Crippen molar-refractivity contribution in [3.05, 3.63) is 29.3 Å². The number of aryl methyl sites for hydroxylation is 1. The molecule has 10 heteroatoms. The van der Waals surface area contributed by atoms with Crippen LogP contribution in [-0.4, -0.2) is 59.6 Å². The van der Waals surface area contributed by atoms with E-state index >= 15 is 0 Å². The normalized spacial score (nSPS) is 12.3. The summed E-state index contributed by atoms with van der Waals surface area (Å²) in [7, 11) is -1.62. The molecular weight excluding hydrogens is 519 g/mol. The van der Waals surface area contributed by atoms with Crippen molar-refractivity contribution in [1.82, 2.24) is 15.4 Å². The number of rotatable bonds is 12. The lowest BCUT2D eigenvalue weighted by molar-refractivity contribution is 0.172. The molecule has 1 rings (SSSR count). The molecule has 0 bridgehead atoms. The number of nitrogens with one attached hydrogen (secondary N) is 3. The predicted molar refractivity (Wildman–Crippen MR) is 133 cm³/mol. The Hall–Kier alpha value is -1.11. The average molecular weight is 557 g/mol. The Morgan fingerprint density at radius 2 is 1.90 bits per heavy atom. The molecule has 0 aliphatic heterocycles. The highest BCUT2D eigenvalue weighted by molar-refractivity contribution is 14.0. The van der Waals surface area contributed by atoms with Crippen LogP contribution in [0.2, 0.25) is 0 Å². The number of methoxy groups -OCH3 is 1. The summed E-state index contributed by atoms with van der Waals surface area (Å²) in [5.74, 6) is 1.43. The average Bonchev–Trinajstić information content (AvgIpc) is 2.60. The first-order valence-corrected chi connectivity index (χ1v) is 11.7. The van der Waals surface area contributed by atoms with Gasteiger partial charge in [0, 0.05) is 44.3 Å². The zero-order valence-corrected chi connectivity index (χ0v) is 22.0. The number of guanidine groups is 1. The summed E-state index contributed by atoms with van der Waals surface area (Å²) < 4.78 is 36.6. The zero-order chi connectivity index (χ0) is 21.9. The molecule has 0 fully saturated rings. The molecule has 0 heterocycles. The van der Waals surface area contributed by atoms with Gasteiger partial charge in [-0.3, -0.25) is 0 Å². The first-order chi connectivity index (χ1) is 13.6. The summed E-state index contributed by atoms with van der Waals surface area (Å²) in [5.41, 5.74) is 1.46. The van der Waals surface area contributed by atoms with Crippen molar-refractivity contribution in [3.63, 3.8) is 0 Å². The molecule has 0 saturated heterocycles. The topological polar surface area (TPSA) is 101 Å². The maximum Gasteiger partial charge on any atom is 0.209 e. The Bertz CT molecular complexity index is 770. The Kier molecular flexibility index (Phi) is 13.5. The second-order valence-corrected chi connectivity index (χ2v) is 9.36. The number of hydrogen-bond acceptors (Lipinski definition) is 5. The SMILES string of the molecule is CCNC(=NCc1ccc(C)cc1OCCCOC)NCC(C)(C)NS(C)(=O)=O.I. The Balaban J connectivity index is 0.00000841. The van der Waals surface area contributed by atoms with Crippen LogP contribution in [0.25, 0.3) is 0 Å². The molecule has 1 aromatic rings. The third-order valence-electron chi connectivity index (χ3n) is 3.88. The number of nitrogens with zero attached hydrogens (tertiary/aromatic N) is 1. The maximum absolute atomic E-state index is 11.5. The lowest BCUT2D eigenvalue weighted by Gasteiger charge is -2.26. The first kappa shape index (κ1) is 28.9. The van der Waals surface area contributed by atoms with Crippen molar-refractivity contribution < 1.29 is 17.9 Å². The summed E-state index contributed by atoms with van der Waals surface area (Å²) in [6.45, 7) is 10.4. The van der Waals surface area contributed by atoms with Crippen molar-refractivity contribution in [1.29, 1.82) is 0 Å². The van der Waals surface area contributed by atoms with Gasteiger partial charge < -0.3 is 20.1 Å². The van der Waals surface area contributed by atoms with Crippen LogP contribution in [0.5, 0.6) is 5.75 Å². The fourth-order valence-corrected chi connectivity index (χ4v) is 3.74. The smallest absolute Gasteiger partial charge is 0.209 e. The van der Waals surface area contributed by atoms with Gasteiger partial charge in [-0.2, -0.15) is 0 Å². The molecule has 0 atom stereocenters. The van der Waals surface area contributed by atoms with E-state index in [0.29, 0.717) is 38.8 Å². The second kappa shape index (κ2) is 14.0. The van der Waals surface area contributed by atoms with Crippen molar-refractivity contribution in [2.75, 3.05) is 39.7 Å². The van der Waals surface area contributed by atoms with Gasteiger partial charge in [0.25, 0.3) is 0 Å². The minimum absolute atomic E-state index is 0. The lowest BCUT2D eigenvalue weighted by Crippen LogP contribution is -2.53. The van der Waals surface area contributed by atoms with E-state index in [-0.39, 0.29) is 24.0 Å². The van der Waals surface area contributed by atoms with Gasteiger partial charge in [-0.25, -0.2) is 18.1 Å². The molecular formula is C20H37IN4O4S. The number of benzene rings is 1. The van der Waals surface area contributed by atoms with Crippen LogP contribution in [0.15, 0.2) is 23.2 Å². The summed E-state index contributed by atoms with van der Waals surface area (Å²) in [5, 5.41) is 6.38. The molecule has 0 saturated carbocycles. The van der Waals surface area contributed by atoms with Crippen LogP contribution >= 0.6 is 24.0 Å². The molecule has 0 spiro atoms. The second-order valence-electron chi connectivity index (χ2n) is 7.61. The Morgan fingerprint density at radius 1 is 1.20 bits per heavy atom. The van der Waals surface area contributed by atoms with E-state index in [4.69, 9.17) is 9.47 Å². The summed E-state index contributed by atoms with van der Waals surface area (Å²) in [6, 6.07) is 6.06. The van der Waals surface area contributed by atoms with Crippen LogP contribution in [0.1, 0.15) is 38.3 Å². The van der Waals surface area contributed by atoms with E-state index in [1.807, 2.05) is 45.9 Å². The van der Waals surface area contributed by atoms with E-state index in [1.165, 1.54) is 0 Å². The standard InChI is InChI=1S/C20H36N4O4S.HI/c1-7-21-19(23-15-20(3,4)24-29(6,25)26)22-14-17-10-9-16(2)13-18(17)28-12-8-11-27-5;/h9-10,13,24H,7-8,11-12,14-15H2,1-6H3,(H2,21,22,23);1H. The highest BCUT2D eigenvalue weighted by Crippen LogP contribution is 2.21. The predicted octanol–water partition coefficient (Wildman–Crippen LogP) is 2.41. The van der Waals surface area contributed by atoms with Crippen molar-refractivity contribution in [2.24, 2.45) is 4.99 Å². The van der Waals surface area contributed by atoms with Gasteiger partial charge in [-0.05, 0) is 39.3 Å². The Labute approximate surface area is 198 Å². The molecule has 0 unspecified atom stereocenters. The highest BCUT2D eigenvalue weighted by Gasteiger charge is 2.22. The van der Waals surface area contributed by atoms with Crippen LogP contribution in [0.3, 0.4) is 0 Å². The number of halogens is 1. The molecule has 0 aliphatic carbocycles. The highest BCUT2D eigenvalue weighted by atomic mass is 127. The fourth-order valence-electron chi connectivity index (χ4n) is 2.66. The van der Waals surface area contributed by atoms with E-state index in [0.717, 1.165) is 29.6 Å². The van der Waals surface area contributed by atoms with Gasteiger partial charge in [0.05, 0.1) is 19.4 Å². The molecule has 0 amide bonds. The van der Waals surface area contributed by atoms with Gasteiger partial charge in [0.15, 0.2) is 5.96 Å². The van der Waals surface area contributed by atoms with E-state index < -0.39 is 15.6 Å². The van der Waals surface area contributed by atoms with Gasteiger partial charge in [-0.1, -0.05) is 12.1 Å². The summed E-state index contributed by atoms with van der Waals surface area (Å²) in [6.07, 6.45) is 1.97. The number of sulfonamides is 1. The molecule has 1 aromatic carbocycles. The van der Waals surface area contributed by atoms with Crippen LogP contribution in [-0.2, 0) is 21.3 Å². The number of hydrogen-bond donors (Lipinski definition) is 3. The maximum atomic E-state index is 11.5. The van der Waals surface area contributed by atoms with E-state index in [9.17, 15) is 8.42 Å². The van der Waals surface area contributed by atoms with Crippen LogP contribution in [0.4, 0.5) is 0 Å². The Morgan fingerprint density at radius 3 is 2.50 bits per heavy atom. The fraction of sp³-hybridized carbons (Fsp3) is 0.650. The molecule has 174 valence electrons. The minimum Gasteiger partial charge on any atom is -0.493 e. The van der Waals surface area contributed by atoms with Crippen molar-refractivity contribution in [3.8, 4) is 5.75 Å². The third-order valence-corrected chi connectivity index (χ3v) is 4.81. The van der Waals surface area contributed by atoms with E-state index in [2.05, 4.69) is 20.3 Å². The molecule has 3 N–H and O–H groups in total. The largest absolute Gasteiger partial charge is 0.493 e. The van der Waals surface area contributed by atoms with Gasteiger partial charge in [-0.15, -0.1) is 24.0 Å².